The van der Waals surface area contributed by atoms with Crippen molar-refractivity contribution in [1.29, 1.82) is 0 Å². The van der Waals surface area contributed by atoms with Gasteiger partial charge >= 0.3 is 0 Å². The number of hydrogen-bond donors (Lipinski definition) is 7. The molecule has 7 atom stereocenters. The van der Waals surface area contributed by atoms with Crippen LogP contribution in [0, 0.1) is 17.8 Å². The lowest BCUT2D eigenvalue weighted by atomic mass is 9.96. The lowest BCUT2D eigenvalue weighted by molar-refractivity contribution is -0.133. The van der Waals surface area contributed by atoms with E-state index in [0.29, 0.717) is 38.2 Å². The zero-order valence-corrected chi connectivity index (χ0v) is 32.9. The van der Waals surface area contributed by atoms with Crippen LogP contribution >= 0.6 is 0 Å². The van der Waals surface area contributed by atoms with E-state index in [4.69, 9.17) is 4.74 Å². The van der Waals surface area contributed by atoms with Crippen molar-refractivity contribution in [2.24, 2.45) is 17.8 Å². The van der Waals surface area contributed by atoms with E-state index in [2.05, 4.69) is 31.9 Å². The zero-order valence-electron chi connectivity index (χ0n) is 32.9. The summed E-state index contributed by atoms with van der Waals surface area (Å²) >= 11 is 0. The van der Waals surface area contributed by atoms with Gasteiger partial charge in [-0.25, -0.2) is 0 Å². The highest BCUT2D eigenvalue weighted by Gasteiger charge is 2.33. The minimum Gasteiger partial charge on any atom is -0.494 e. The maximum Gasteiger partial charge on any atom is 0.243 e. The van der Waals surface area contributed by atoms with E-state index in [1.54, 1.807) is 0 Å². The lowest BCUT2D eigenvalue weighted by Crippen LogP contribution is -2.60. The number of rotatable bonds is 16. The quantitative estimate of drug-likeness (QED) is 0.136. The molecule has 13 nitrogen and oxygen atoms in total. The number of nitrogens with one attached hydrogen (secondary N) is 6. The molecule has 0 fully saturated rings. The zero-order chi connectivity index (χ0) is 39.8. The molecule has 2 aromatic rings. The van der Waals surface area contributed by atoms with Crippen molar-refractivity contribution in [3.05, 3.63) is 65.7 Å². The van der Waals surface area contributed by atoms with Gasteiger partial charge in [-0.3, -0.25) is 24.0 Å². The molecule has 2 bridgehead atoms. The third kappa shape index (κ3) is 14.4. The minimum atomic E-state index is -1.17. The van der Waals surface area contributed by atoms with Crippen LogP contribution in [0.5, 0.6) is 5.75 Å². The Hall–Kier alpha value is -4.49. The van der Waals surface area contributed by atoms with E-state index in [1.165, 1.54) is 6.92 Å². The van der Waals surface area contributed by atoms with Gasteiger partial charge in [0.2, 0.25) is 29.5 Å². The molecule has 7 N–H and O–H groups in total. The predicted molar refractivity (Wildman–Crippen MR) is 208 cm³/mol. The largest absolute Gasteiger partial charge is 0.494 e. The molecule has 298 valence electrons. The summed E-state index contributed by atoms with van der Waals surface area (Å²) in [5, 5.41) is 29.3. The summed E-state index contributed by atoms with van der Waals surface area (Å²) in [7, 11) is 0. The maximum absolute atomic E-state index is 13.9. The van der Waals surface area contributed by atoms with E-state index < -0.39 is 48.1 Å². The number of ether oxygens (including phenoxy) is 1. The SMILES string of the molecule is CCC(C)[C@@H]1NC(=O)[C@@H](NC[C@H](O)[C@H](Cc2ccccc2)NC(=O)C(NC(=O)C(CC(C)C)NC(C)=O)C(C)C)Cc2ccc(cc2)OCCCNC1=O. The van der Waals surface area contributed by atoms with Crippen molar-refractivity contribution in [2.45, 2.75) is 117 Å². The van der Waals surface area contributed by atoms with Gasteiger partial charge in [0, 0.05) is 20.0 Å². The molecule has 2 aliphatic rings. The van der Waals surface area contributed by atoms with Gasteiger partial charge in [-0.2, -0.15) is 0 Å². The molecule has 0 aromatic heterocycles. The first-order chi connectivity index (χ1) is 25.7. The Morgan fingerprint density at radius 1 is 0.907 bits per heavy atom. The maximum atomic E-state index is 13.9. The molecule has 2 aromatic carbocycles. The minimum absolute atomic E-state index is 0.0744. The summed E-state index contributed by atoms with van der Waals surface area (Å²) in [5.74, 6) is -1.60. The molecular weight excluding hydrogens is 688 g/mol. The smallest absolute Gasteiger partial charge is 0.243 e. The van der Waals surface area contributed by atoms with Crippen LogP contribution in [0.15, 0.2) is 54.6 Å². The second-order valence-electron chi connectivity index (χ2n) is 15.2. The first-order valence-corrected chi connectivity index (χ1v) is 19.3. The Morgan fingerprint density at radius 2 is 1.59 bits per heavy atom. The van der Waals surface area contributed by atoms with Crippen molar-refractivity contribution in [3.8, 4) is 5.75 Å². The van der Waals surface area contributed by atoms with Crippen LogP contribution in [0.4, 0.5) is 0 Å². The normalized spacial score (nSPS) is 19.5. The summed E-state index contributed by atoms with van der Waals surface area (Å²) < 4.78 is 5.84. The first-order valence-electron chi connectivity index (χ1n) is 19.3. The Labute approximate surface area is 320 Å². The van der Waals surface area contributed by atoms with Crippen LogP contribution in [0.2, 0.25) is 0 Å². The van der Waals surface area contributed by atoms with Crippen LogP contribution < -0.4 is 36.6 Å². The van der Waals surface area contributed by atoms with Gasteiger partial charge in [0.25, 0.3) is 0 Å². The van der Waals surface area contributed by atoms with Crippen LogP contribution in [-0.4, -0.2) is 90.7 Å². The number of carbonyl (C=O) groups excluding carboxylic acids is 5. The molecule has 2 aliphatic heterocycles. The topological polar surface area (TPSA) is 187 Å². The summed E-state index contributed by atoms with van der Waals surface area (Å²) in [5.41, 5.74) is 1.72. The molecular formula is C41H62N6O7. The molecule has 0 spiro atoms. The number of benzene rings is 2. The van der Waals surface area contributed by atoms with E-state index in [0.717, 1.165) is 11.1 Å². The van der Waals surface area contributed by atoms with E-state index in [9.17, 15) is 29.1 Å². The van der Waals surface area contributed by atoms with Crippen LogP contribution in [-0.2, 0) is 36.8 Å². The fraction of sp³-hybridized carbons (Fsp3) is 0.585. The Kier molecular flexibility index (Phi) is 17.9. The number of fused-ring (bicyclic) bond motifs is 12. The van der Waals surface area contributed by atoms with Crippen molar-refractivity contribution in [1.82, 2.24) is 31.9 Å². The van der Waals surface area contributed by atoms with E-state index >= 15 is 0 Å². The number of carbonyl (C=O) groups is 5. The van der Waals surface area contributed by atoms with E-state index in [-0.39, 0.29) is 54.9 Å². The summed E-state index contributed by atoms with van der Waals surface area (Å²) in [6.07, 6.45) is 1.04. The number of aliphatic hydroxyl groups is 1. The first kappa shape index (κ1) is 43.9. The molecule has 0 saturated carbocycles. The number of aliphatic hydroxyl groups excluding tert-OH is 1. The second kappa shape index (κ2) is 22.0. The monoisotopic (exact) mass is 750 g/mol. The van der Waals surface area contributed by atoms with Crippen LogP contribution in [0.1, 0.15) is 78.9 Å². The third-order valence-electron chi connectivity index (χ3n) is 9.67. The van der Waals surface area contributed by atoms with Gasteiger partial charge in [0.05, 0.1) is 24.8 Å². The lowest BCUT2D eigenvalue weighted by Gasteiger charge is -2.31. The third-order valence-corrected chi connectivity index (χ3v) is 9.67. The molecule has 4 rings (SSSR count). The Bertz CT molecular complexity index is 1500. The van der Waals surface area contributed by atoms with Gasteiger partial charge in [0.15, 0.2) is 0 Å². The molecule has 0 radical (unpaired) electrons. The van der Waals surface area contributed by atoms with Gasteiger partial charge in [-0.05, 0) is 66.7 Å². The van der Waals surface area contributed by atoms with E-state index in [1.807, 2.05) is 96.1 Å². The summed E-state index contributed by atoms with van der Waals surface area (Å²) in [4.78, 5) is 66.3. The second-order valence-corrected chi connectivity index (χ2v) is 15.2. The average Bonchev–Trinajstić information content (AvgIpc) is 3.13. The predicted octanol–water partition coefficient (Wildman–Crippen LogP) is 2.40. The fourth-order valence-corrected chi connectivity index (χ4v) is 6.32. The van der Waals surface area contributed by atoms with Crippen molar-refractivity contribution in [2.75, 3.05) is 19.7 Å². The highest BCUT2D eigenvalue weighted by atomic mass is 16.5. The Balaban J connectivity index is 1.86. The molecule has 5 amide bonds. The Morgan fingerprint density at radius 3 is 2.20 bits per heavy atom. The molecule has 54 heavy (non-hydrogen) atoms. The van der Waals surface area contributed by atoms with Gasteiger partial charge in [0.1, 0.15) is 23.9 Å². The van der Waals surface area contributed by atoms with Crippen molar-refractivity contribution in [3.63, 3.8) is 0 Å². The molecule has 13 heteroatoms. The van der Waals surface area contributed by atoms with Crippen LogP contribution in [0.3, 0.4) is 0 Å². The van der Waals surface area contributed by atoms with Gasteiger partial charge in [-0.15, -0.1) is 0 Å². The highest BCUT2D eigenvalue weighted by molar-refractivity contribution is 5.92. The number of hydrogen-bond acceptors (Lipinski definition) is 8. The molecule has 3 unspecified atom stereocenters. The highest BCUT2D eigenvalue weighted by Crippen LogP contribution is 2.16. The van der Waals surface area contributed by atoms with Crippen LogP contribution in [0.25, 0.3) is 0 Å². The summed E-state index contributed by atoms with van der Waals surface area (Å²) in [6.45, 7) is 13.5. The van der Waals surface area contributed by atoms with Crippen molar-refractivity contribution >= 4 is 29.5 Å². The molecule has 0 saturated heterocycles. The van der Waals surface area contributed by atoms with Gasteiger partial charge < -0.3 is 41.7 Å². The molecule has 2 heterocycles. The molecule has 0 aliphatic carbocycles. The standard InChI is InChI=1S/C41H62N6O7/c1-8-27(6)37-40(52)42-19-12-20-54-31-17-15-30(16-18-31)23-33(38(50)47-37)43-24-35(49)32(22-29-13-10-9-11-14-29)45-41(53)36(26(4)5)46-39(51)34(21-25(2)3)44-28(7)48/h9-11,13-18,25-27,32-37,43,49H,8,12,19-24H2,1-7H3,(H,42,52)(H,44,48)(H,45,53)(H,46,51)(H,47,50)/t27?,32-,33-,34?,35-,36?,37-/m0/s1. The summed E-state index contributed by atoms with van der Waals surface area (Å²) in [6, 6.07) is 12.7. The number of amides is 5. The van der Waals surface area contributed by atoms with Crippen molar-refractivity contribution < 1.29 is 33.8 Å². The van der Waals surface area contributed by atoms with Gasteiger partial charge in [-0.1, -0.05) is 90.4 Å². The average molecular weight is 751 g/mol. The fourth-order valence-electron chi connectivity index (χ4n) is 6.32.